The molecule has 2 aromatic rings. The van der Waals surface area contributed by atoms with Gasteiger partial charge in [-0.1, -0.05) is 0 Å². The maximum atomic E-state index is 11.2. The average Bonchev–Trinajstić information content (AvgIpc) is 2.85. The molecule has 0 spiro atoms. The highest BCUT2D eigenvalue weighted by Gasteiger charge is 2.15. The third kappa shape index (κ3) is 2.08. The molecule has 0 unspecified atom stereocenters. The maximum absolute atomic E-state index is 11.2. The molecule has 0 saturated carbocycles. The fourth-order valence-corrected chi connectivity index (χ4v) is 1.88. The number of ether oxygens (including phenoxy) is 2. The maximum Gasteiger partial charge on any atom is 0.286 e. The SMILES string of the molecule is Cc1cc(-c2ccc3c(c2)OCO3)nc(C(N)=O)n1. The normalized spacial score (nSPS) is 12.5. The average molecular weight is 257 g/mol. The van der Waals surface area contributed by atoms with E-state index in [0.717, 1.165) is 5.56 Å². The molecule has 2 heterocycles. The van der Waals surface area contributed by atoms with Gasteiger partial charge in [-0.05, 0) is 31.2 Å². The van der Waals surface area contributed by atoms with Crippen LogP contribution in [-0.2, 0) is 0 Å². The molecule has 2 N–H and O–H groups in total. The quantitative estimate of drug-likeness (QED) is 0.875. The summed E-state index contributed by atoms with van der Waals surface area (Å²) in [6, 6.07) is 7.25. The van der Waals surface area contributed by atoms with Crippen LogP contribution in [0, 0.1) is 6.92 Å². The van der Waals surface area contributed by atoms with Crippen LogP contribution >= 0.6 is 0 Å². The number of fused-ring (bicyclic) bond motifs is 1. The van der Waals surface area contributed by atoms with Crippen molar-refractivity contribution in [1.29, 1.82) is 0 Å². The van der Waals surface area contributed by atoms with Gasteiger partial charge in [0.15, 0.2) is 11.5 Å². The van der Waals surface area contributed by atoms with E-state index in [1.807, 2.05) is 12.1 Å². The van der Waals surface area contributed by atoms with Gasteiger partial charge in [0.05, 0.1) is 5.69 Å². The van der Waals surface area contributed by atoms with Crippen molar-refractivity contribution in [3.05, 3.63) is 35.8 Å². The van der Waals surface area contributed by atoms with Crippen molar-refractivity contribution in [2.45, 2.75) is 6.92 Å². The number of amides is 1. The predicted molar refractivity (Wildman–Crippen MR) is 66.8 cm³/mol. The van der Waals surface area contributed by atoms with Crippen LogP contribution in [-0.4, -0.2) is 22.7 Å². The molecule has 6 nitrogen and oxygen atoms in total. The van der Waals surface area contributed by atoms with Gasteiger partial charge in [0.2, 0.25) is 12.6 Å². The summed E-state index contributed by atoms with van der Waals surface area (Å²) in [5, 5.41) is 0. The first-order valence-electron chi connectivity index (χ1n) is 5.69. The van der Waals surface area contributed by atoms with E-state index < -0.39 is 5.91 Å². The van der Waals surface area contributed by atoms with Gasteiger partial charge in [0.1, 0.15) is 0 Å². The van der Waals surface area contributed by atoms with Crippen molar-refractivity contribution >= 4 is 5.91 Å². The molecular formula is C13H11N3O3. The number of primary amides is 1. The number of benzene rings is 1. The number of hydrogen-bond acceptors (Lipinski definition) is 5. The minimum absolute atomic E-state index is 0.00710. The van der Waals surface area contributed by atoms with Crippen LogP contribution in [0.4, 0.5) is 0 Å². The number of carbonyl (C=O) groups excluding carboxylic acids is 1. The van der Waals surface area contributed by atoms with E-state index in [9.17, 15) is 4.79 Å². The van der Waals surface area contributed by atoms with Gasteiger partial charge in [0, 0.05) is 11.3 Å². The molecule has 0 bridgehead atoms. The topological polar surface area (TPSA) is 87.3 Å². The highest BCUT2D eigenvalue weighted by molar-refractivity contribution is 5.89. The third-order valence-electron chi connectivity index (χ3n) is 2.74. The minimum Gasteiger partial charge on any atom is -0.454 e. The van der Waals surface area contributed by atoms with Crippen LogP contribution in [0.15, 0.2) is 24.3 Å². The van der Waals surface area contributed by atoms with Gasteiger partial charge in [-0.15, -0.1) is 0 Å². The molecule has 0 radical (unpaired) electrons. The molecule has 0 atom stereocenters. The number of aryl methyl sites for hydroxylation is 1. The predicted octanol–water partition coefficient (Wildman–Crippen LogP) is 1.28. The van der Waals surface area contributed by atoms with E-state index in [1.165, 1.54) is 0 Å². The van der Waals surface area contributed by atoms with E-state index in [0.29, 0.717) is 22.9 Å². The van der Waals surface area contributed by atoms with E-state index in [1.54, 1.807) is 19.1 Å². The van der Waals surface area contributed by atoms with Crippen molar-refractivity contribution in [3.63, 3.8) is 0 Å². The molecule has 1 aliphatic rings. The van der Waals surface area contributed by atoms with Crippen LogP contribution in [0.5, 0.6) is 11.5 Å². The molecule has 3 rings (SSSR count). The van der Waals surface area contributed by atoms with Crippen LogP contribution in [0.2, 0.25) is 0 Å². The summed E-state index contributed by atoms with van der Waals surface area (Å²) in [5.41, 5.74) is 7.33. The van der Waals surface area contributed by atoms with Crippen LogP contribution in [0.1, 0.15) is 16.3 Å². The van der Waals surface area contributed by atoms with Gasteiger partial charge in [-0.3, -0.25) is 4.79 Å². The molecule has 19 heavy (non-hydrogen) atoms. The Morgan fingerprint density at radius 1 is 1.21 bits per heavy atom. The fourth-order valence-electron chi connectivity index (χ4n) is 1.88. The zero-order valence-corrected chi connectivity index (χ0v) is 10.2. The first-order chi connectivity index (χ1) is 9.13. The Morgan fingerprint density at radius 2 is 2.00 bits per heavy atom. The largest absolute Gasteiger partial charge is 0.454 e. The van der Waals surface area contributed by atoms with E-state index >= 15 is 0 Å². The van der Waals surface area contributed by atoms with Crippen molar-refractivity contribution in [2.75, 3.05) is 6.79 Å². The molecule has 1 aromatic carbocycles. The van der Waals surface area contributed by atoms with Gasteiger partial charge in [-0.25, -0.2) is 9.97 Å². The highest BCUT2D eigenvalue weighted by Crippen LogP contribution is 2.35. The number of aromatic nitrogens is 2. The molecule has 1 aromatic heterocycles. The van der Waals surface area contributed by atoms with Crippen molar-refractivity contribution < 1.29 is 14.3 Å². The second-order valence-corrected chi connectivity index (χ2v) is 4.15. The lowest BCUT2D eigenvalue weighted by Gasteiger charge is -2.05. The lowest BCUT2D eigenvalue weighted by molar-refractivity contribution is 0.0990. The molecule has 0 aliphatic carbocycles. The van der Waals surface area contributed by atoms with E-state index in [4.69, 9.17) is 15.2 Å². The summed E-state index contributed by atoms with van der Waals surface area (Å²) in [4.78, 5) is 19.3. The van der Waals surface area contributed by atoms with Gasteiger partial charge in [-0.2, -0.15) is 0 Å². The van der Waals surface area contributed by atoms with Gasteiger partial charge < -0.3 is 15.2 Å². The highest BCUT2D eigenvalue weighted by atomic mass is 16.7. The first kappa shape index (κ1) is 11.5. The van der Waals surface area contributed by atoms with E-state index in [2.05, 4.69) is 9.97 Å². The molecule has 1 aliphatic heterocycles. The second-order valence-electron chi connectivity index (χ2n) is 4.15. The minimum atomic E-state index is -0.648. The van der Waals surface area contributed by atoms with Crippen molar-refractivity contribution in [3.8, 4) is 22.8 Å². The summed E-state index contributed by atoms with van der Waals surface area (Å²) >= 11 is 0. The molecule has 6 heteroatoms. The Morgan fingerprint density at radius 3 is 2.79 bits per heavy atom. The lowest BCUT2D eigenvalue weighted by Crippen LogP contribution is -2.16. The molecule has 1 amide bonds. The Kier molecular flexibility index (Phi) is 2.56. The van der Waals surface area contributed by atoms with E-state index in [-0.39, 0.29) is 12.6 Å². The zero-order chi connectivity index (χ0) is 13.4. The third-order valence-corrected chi connectivity index (χ3v) is 2.74. The summed E-state index contributed by atoms with van der Waals surface area (Å²) in [6.07, 6.45) is 0. The number of nitrogens with zero attached hydrogens (tertiary/aromatic N) is 2. The summed E-state index contributed by atoms with van der Waals surface area (Å²) < 4.78 is 10.6. The van der Waals surface area contributed by atoms with Crippen LogP contribution < -0.4 is 15.2 Å². The van der Waals surface area contributed by atoms with Gasteiger partial charge >= 0.3 is 0 Å². The Labute approximate surface area is 109 Å². The Hall–Kier alpha value is -2.63. The monoisotopic (exact) mass is 257 g/mol. The Balaban J connectivity index is 2.09. The van der Waals surface area contributed by atoms with Crippen molar-refractivity contribution in [1.82, 2.24) is 9.97 Å². The van der Waals surface area contributed by atoms with Crippen LogP contribution in [0.3, 0.4) is 0 Å². The summed E-state index contributed by atoms with van der Waals surface area (Å²) in [5.74, 6) is 0.720. The Bertz CT molecular complexity index is 670. The number of carbonyl (C=O) groups is 1. The second kappa shape index (κ2) is 4.24. The van der Waals surface area contributed by atoms with Gasteiger partial charge in [0.25, 0.3) is 5.91 Å². The van der Waals surface area contributed by atoms with Crippen molar-refractivity contribution in [2.24, 2.45) is 5.73 Å². The number of nitrogens with two attached hydrogens (primary N) is 1. The lowest BCUT2D eigenvalue weighted by atomic mass is 10.1. The summed E-state index contributed by atoms with van der Waals surface area (Å²) in [6.45, 7) is 2.00. The standard InChI is InChI=1S/C13H11N3O3/c1-7-4-9(16-13(15-7)12(14)17)8-2-3-10-11(5-8)19-6-18-10/h2-5H,6H2,1H3,(H2,14,17). The summed E-state index contributed by atoms with van der Waals surface area (Å²) in [7, 11) is 0. The molecular weight excluding hydrogens is 246 g/mol. The number of hydrogen-bond donors (Lipinski definition) is 1. The molecule has 96 valence electrons. The smallest absolute Gasteiger partial charge is 0.286 e. The van der Waals surface area contributed by atoms with Crippen LogP contribution in [0.25, 0.3) is 11.3 Å². The first-order valence-corrected chi connectivity index (χ1v) is 5.69. The zero-order valence-electron chi connectivity index (χ0n) is 10.2. The fraction of sp³-hybridized carbons (Fsp3) is 0.154. The molecule has 0 saturated heterocycles. The number of rotatable bonds is 2. The molecule has 0 fully saturated rings.